The number of nitrogens with one attached hydrogen (secondary N) is 1. The van der Waals surface area contributed by atoms with E-state index in [9.17, 15) is 4.79 Å². The third-order valence-electron chi connectivity index (χ3n) is 4.04. The van der Waals surface area contributed by atoms with Crippen LogP contribution in [0, 0.1) is 0 Å². The molecule has 1 aliphatic carbocycles. The topological polar surface area (TPSA) is 67.6 Å². The third-order valence-corrected chi connectivity index (χ3v) is 4.04. The summed E-state index contributed by atoms with van der Waals surface area (Å²) in [7, 11) is 5.55. The van der Waals surface area contributed by atoms with Gasteiger partial charge in [0.25, 0.3) is 5.91 Å². The molecule has 1 amide bonds. The van der Waals surface area contributed by atoms with Gasteiger partial charge in [-0.05, 0) is 37.5 Å². The molecule has 0 spiro atoms. The molecule has 0 unspecified atom stereocenters. The van der Waals surface area contributed by atoms with E-state index in [-0.39, 0.29) is 11.5 Å². The van der Waals surface area contributed by atoms with Crippen LogP contribution in [0.1, 0.15) is 29.6 Å². The van der Waals surface area contributed by atoms with Gasteiger partial charge in [-0.25, -0.2) is 0 Å². The molecule has 0 aliphatic heterocycles. The molecule has 5 nitrogen and oxygen atoms in total. The number of carbonyl (C=O) groups excluding carboxylic acids is 1. The van der Waals surface area contributed by atoms with Gasteiger partial charge in [-0.15, -0.1) is 0 Å². The first-order valence-corrected chi connectivity index (χ1v) is 6.88. The van der Waals surface area contributed by atoms with Crippen molar-refractivity contribution in [1.29, 1.82) is 0 Å². The van der Waals surface area contributed by atoms with E-state index in [2.05, 4.69) is 5.32 Å². The fourth-order valence-electron chi connectivity index (χ4n) is 2.47. The quantitative estimate of drug-likeness (QED) is 0.803. The molecule has 3 N–H and O–H groups in total. The zero-order valence-corrected chi connectivity index (χ0v) is 12.4. The molecule has 20 heavy (non-hydrogen) atoms. The Bertz CT molecular complexity index is 490. The average Bonchev–Trinajstić information content (AvgIpc) is 2.37. The van der Waals surface area contributed by atoms with Gasteiger partial charge in [0, 0.05) is 33.3 Å². The number of nitrogens with zero attached hydrogens (tertiary/aromatic N) is 1. The highest BCUT2D eigenvalue weighted by Crippen LogP contribution is 2.34. The molecule has 0 bridgehead atoms. The fraction of sp³-hybridized carbons (Fsp3) is 0.533. The van der Waals surface area contributed by atoms with Crippen LogP contribution in [0.25, 0.3) is 0 Å². The molecule has 1 aromatic carbocycles. The van der Waals surface area contributed by atoms with Crippen LogP contribution >= 0.6 is 0 Å². The van der Waals surface area contributed by atoms with Crippen molar-refractivity contribution in [3.05, 3.63) is 23.8 Å². The summed E-state index contributed by atoms with van der Waals surface area (Å²) in [5.74, 6) is -0.106. The van der Waals surface area contributed by atoms with Crippen molar-refractivity contribution >= 4 is 17.3 Å². The first kappa shape index (κ1) is 14.7. The van der Waals surface area contributed by atoms with Gasteiger partial charge in [0.15, 0.2) is 0 Å². The fourth-order valence-corrected chi connectivity index (χ4v) is 2.47. The largest absolute Gasteiger partial charge is 0.397 e. The summed E-state index contributed by atoms with van der Waals surface area (Å²) in [6.07, 6.45) is 3.17. The maximum absolute atomic E-state index is 12.1. The van der Waals surface area contributed by atoms with Crippen molar-refractivity contribution in [1.82, 2.24) is 5.32 Å². The average molecular weight is 277 g/mol. The molecule has 0 heterocycles. The number of benzene rings is 1. The molecule has 1 aromatic rings. The maximum Gasteiger partial charge on any atom is 0.251 e. The first-order valence-electron chi connectivity index (χ1n) is 6.88. The number of anilines is 2. The van der Waals surface area contributed by atoms with Gasteiger partial charge < -0.3 is 20.7 Å². The summed E-state index contributed by atoms with van der Waals surface area (Å²) in [6.45, 7) is 0.553. The minimum Gasteiger partial charge on any atom is -0.397 e. The number of methoxy groups -OCH3 is 1. The number of rotatable bonds is 5. The second kappa shape index (κ2) is 5.71. The van der Waals surface area contributed by atoms with Crippen LogP contribution in [-0.2, 0) is 4.74 Å². The highest BCUT2D eigenvalue weighted by atomic mass is 16.5. The molecule has 0 atom stereocenters. The van der Waals surface area contributed by atoms with Crippen LogP contribution in [0.15, 0.2) is 18.2 Å². The Kier molecular flexibility index (Phi) is 4.18. The summed E-state index contributed by atoms with van der Waals surface area (Å²) < 4.78 is 5.49. The van der Waals surface area contributed by atoms with E-state index in [1.54, 1.807) is 19.2 Å². The van der Waals surface area contributed by atoms with Gasteiger partial charge in [-0.2, -0.15) is 0 Å². The summed E-state index contributed by atoms with van der Waals surface area (Å²) in [5, 5.41) is 2.94. The lowest BCUT2D eigenvalue weighted by molar-refractivity contribution is -0.0679. The standard InChI is InChI=1S/C15H23N3O2/c1-18(2)13-6-5-11(9-12(13)16)14(19)17-10-15(20-3)7-4-8-15/h5-6,9H,4,7-8,10,16H2,1-3H3,(H,17,19). The van der Waals surface area contributed by atoms with E-state index >= 15 is 0 Å². The first-order chi connectivity index (χ1) is 9.47. The lowest BCUT2D eigenvalue weighted by Gasteiger charge is -2.40. The van der Waals surface area contributed by atoms with Gasteiger partial charge in [0.05, 0.1) is 17.0 Å². The van der Waals surface area contributed by atoms with Crippen LogP contribution in [0.2, 0.25) is 0 Å². The molecular formula is C15H23N3O2. The van der Waals surface area contributed by atoms with Crippen LogP contribution in [-0.4, -0.2) is 39.3 Å². The number of carbonyl (C=O) groups is 1. The van der Waals surface area contributed by atoms with Crippen molar-refractivity contribution in [2.24, 2.45) is 0 Å². The molecule has 110 valence electrons. The lowest BCUT2D eigenvalue weighted by atomic mass is 9.80. The number of nitrogen functional groups attached to an aromatic ring is 1. The lowest BCUT2D eigenvalue weighted by Crippen LogP contribution is -2.49. The highest BCUT2D eigenvalue weighted by molar-refractivity contribution is 5.96. The second-order valence-corrected chi connectivity index (χ2v) is 5.59. The van der Waals surface area contributed by atoms with E-state index in [1.165, 1.54) is 0 Å². The van der Waals surface area contributed by atoms with Gasteiger partial charge in [0.1, 0.15) is 0 Å². The number of hydrogen-bond acceptors (Lipinski definition) is 4. The van der Waals surface area contributed by atoms with Crippen LogP contribution in [0.4, 0.5) is 11.4 Å². The Labute approximate surface area is 120 Å². The monoisotopic (exact) mass is 277 g/mol. The van der Waals surface area contributed by atoms with E-state index in [0.717, 1.165) is 24.9 Å². The predicted octanol–water partition coefficient (Wildman–Crippen LogP) is 1.63. The van der Waals surface area contributed by atoms with Crippen molar-refractivity contribution < 1.29 is 9.53 Å². The van der Waals surface area contributed by atoms with Gasteiger partial charge in [-0.1, -0.05) is 0 Å². The molecule has 5 heteroatoms. The van der Waals surface area contributed by atoms with Crippen LogP contribution in [0.5, 0.6) is 0 Å². The van der Waals surface area contributed by atoms with E-state index in [1.807, 2.05) is 25.1 Å². The molecule has 2 rings (SSSR count). The van der Waals surface area contributed by atoms with Crippen molar-refractivity contribution in [3.8, 4) is 0 Å². The number of amides is 1. The zero-order valence-electron chi connectivity index (χ0n) is 12.4. The van der Waals surface area contributed by atoms with Crippen molar-refractivity contribution in [2.45, 2.75) is 24.9 Å². The summed E-state index contributed by atoms with van der Waals surface area (Å²) in [6, 6.07) is 5.37. The Morgan fingerprint density at radius 3 is 2.60 bits per heavy atom. The van der Waals surface area contributed by atoms with Crippen molar-refractivity contribution in [2.75, 3.05) is 38.4 Å². The Balaban J connectivity index is 2.01. The Hall–Kier alpha value is -1.75. The minimum atomic E-state index is -0.162. The highest BCUT2D eigenvalue weighted by Gasteiger charge is 2.37. The van der Waals surface area contributed by atoms with Crippen molar-refractivity contribution in [3.63, 3.8) is 0 Å². The zero-order chi connectivity index (χ0) is 14.8. The summed E-state index contributed by atoms with van der Waals surface area (Å²) in [4.78, 5) is 14.1. The molecule has 1 aliphatic rings. The molecule has 0 radical (unpaired) electrons. The van der Waals surface area contributed by atoms with Crippen LogP contribution in [0.3, 0.4) is 0 Å². The molecule has 1 saturated carbocycles. The van der Waals surface area contributed by atoms with E-state index in [0.29, 0.717) is 17.8 Å². The van der Waals surface area contributed by atoms with E-state index in [4.69, 9.17) is 10.5 Å². The predicted molar refractivity (Wildman–Crippen MR) is 81.1 cm³/mol. The molecular weight excluding hydrogens is 254 g/mol. The number of hydrogen-bond donors (Lipinski definition) is 2. The molecule has 0 saturated heterocycles. The SMILES string of the molecule is COC1(CNC(=O)c2ccc(N(C)C)c(N)c2)CCC1. The Morgan fingerprint density at radius 2 is 2.15 bits per heavy atom. The number of ether oxygens (including phenoxy) is 1. The molecule has 1 fully saturated rings. The van der Waals surface area contributed by atoms with Gasteiger partial charge in [-0.3, -0.25) is 4.79 Å². The minimum absolute atomic E-state index is 0.106. The van der Waals surface area contributed by atoms with E-state index < -0.39 is 0 Å². The summed E-state index contributed by atoms with van der Waals surface area (Å²) in [5.41, 5.74) is 7.89. The summed E-state index contributed by atoms with van der Waals surface area (Å²) >= 11 is 0. The van der Waals surface area contributed by atoms with Gasteiger partial charge in [0.2, 0.25) is 0 Å². The smallest absolute Gasteiger partial charge is 0.251 e. The third kappa shape index (κ3) is 2.88. The molecule has 0 aromatic heterocycles. The second-order valence-electron chi connectivity index (χ2n) is 5.59. The maximum atomic E-state index is 12.1. The van der Waals surface area contributed by atoms with Crippen LogP contribution < -0.4 is 16.0 Å². The Morgan fingerprint density at radius 1 is 1.45 bits per heavy atom. The number of nitrogens with two attached hydrogens (primary N) is 1. The van der Waals surface area contributed by atoms with Gasteiger partial charge >= 0.3 is 0 Å². The normalized spacial score (nSPS) is 16.4.